The second-order valence-electron chi connectivity index (χ2n) is 5.54. The molecule has 0 bridgehead atoms. The molecule has 0 aliphatic carbocycles. The molecule has 0 aliphatic heterocycles. The van der Waals surface area contributed by atoms with Crippen LogP contribution in [0.15, 0.2) is 71.7 Å². The molecule has 3 rings (SSSR count). The topological polar surface area (TPSA) is 31.2 Å². The zero-order valence-corrected chi connectivity index (χ0v) is 13.3. The summed E-state index contributed by atoms with van der Waals surface area (Å²) < 4.78 is 6.94. The van der Waals surface area contributed by atoms with Gasteiger partial charge in [0, 0.05) is 12.3 Å². The molecule has 1 aromatic heterocycles. The summed E-state index contributed by atoms with van der Waals surface area (Å²) in [6.07, 6.45) is 1.91. The van der Waals surface area contributed by atoms with Crippen molar-refractivity contribution >= 4 is 0 Å². The molecular weight excluding hydrogens is 286 g/mol. The molecule has 3 heteroatoms. The van der Waals surface area contributed by atoms with Gasteiger partial charge < -0.3 is 9.30 Å². The first kappa shape index (κ1) is 15.1. The predicted molar refractivity (Wildman–Crippen MR) is 93.0 cm³/mol. The number of hydrogen-bond donors (Lipinski definition) is 0. The van der Waals surface area contributed by atoms with Crippen molar-refractivity contribution in [2.45, 2.75) is 13.5 Å². The van der Waals surface area contributed by atoms with Crippen LogP contribution in [-0.2, 0) is 6.54 Å². The zero-order chi connectivity index (χ0) is 16.2. The van der Waals surface area contributed by atoms with Gasteiger partial charge in [-0.2, -0.15) is 0 Å². The van der Waals surface area contributed by atoms with Gasteiger partial charge in [0.15, 0.2) is 0 Å². The van der Waals surface area contributed by atoms with Crippen molar-refractivity contribution in [2.75, 3.05) is 7.11 Å². The lowest BCUT2D eigenvalue weighted by Gasteiger charge is -2.11. The molecule has 0 radical (unpaired) electrons. The summed E-state index contributed by atoms with van der Waals surface area (Å²) in [7, 11) is 1.65. The lowest BCUT2D eigenvalue weighted by Crippen LogP contribution is -2.19. The third-order valence-electron chi connectivity index (χ3n) is 4.01. The first-order chi connectivity index (χ1) is 11.2. The van der Waals surface area contributed by atoms with Crippen molar-refractivity contribution in [3.63, 3.8) is 0 Å². The van der Waals surface area contributed by atoms with Gasteiger partial charge in [-0.1, -0.05) is 36.4 Å². The quantitative estimate of drug-likeness (QED) is 0.732. The Kier molecular flexibility index (Phi) is 4.29. The van der Waals surface area contributed by atoms with Crippen LogP contribution in [0, 0.1) is 6.92 Å². The number of nitrogens with zero attached hydrogens (tertiary/aromatic N) is 1. The standard InChI is InChI=1S/C20H19NO2/c1-15-5-3-4-6-17(15)13-21-14-18(9-12-20(21)22)16-7-10-19(23-2)11-8-16/h3-12,14H,13H2,1-2H3. The number of ether oxygens (including phenoxy) is 1. The molecule has 1 heterocycles. The summed E-state index contributed by atoms with van der Waals surface area (Å²) in [5.74, 6) is 0.821. The molecule has 23 heavy (non-hydrogen) atoms. The smallest absolute Gasteiger partial charge is 0.250 e. The van der Waals surface area contributed by atoms with E-state index >= 15 is 0 Å². The maximum atomic E-state index is 12.2. The van der Waals surface area contributed by atoms with Crippen LogP contribution in [0.3, 0.4) is 0 Å². The van der Waals surface area contributed by atoms with Crippen LogP contribution in [-0.4, -0.2) is 11.7 Å². The van der Waals surface area contributed by atoms with E-state index in [0.717, 1.165) is 22.4 Å². The summed E-state index contributed by atoms with van der Waals surface area (Å²) >= 11 is 0. The van der Waals surface area contributed by atoms with Gasteiger partial charge in [-0.3, -0.25) is 4.79 Å². The van der Waals surface area contributed by atoms with Crippen LogP contribution in [0.2, 0.25) is 0 Å². The Morgan fingerprint density at radius 3 is 2.30 bits per heavy atom. The maximum absolute atomic E-state index is 12.2. The summed E-state index contributed by atoms with van der Waals surface area (Å²) in [5, 5.41) is 0. The van der Waals surface area contributed by atoms with E-state index in [2.05, 4.69) is 19.1 Å². The number of benzene rings is 2. The van der Waals surface area contributed by atoms with Crippen LogP contribution >= 0.6 is 0 Å². The van der Waals surface area contributed by atoms with Crippen LogP contribution < -0.4 is 10.3 Å². The van der Waals surface area contributed by atoms with Crippen LogP contribution in [0.25, 0.3) is 11.1 Å². The Morgan fingerprint density at radius 2 is 1.61 bits per heavy atom. The molecule has 2 aromatic carbocycles. The van der Waals surface area contributed by atoms with Crippen LogP contribution in [0.1, 0.15) is 11.1 Å². The highest BCUT2D eigenvalue weighted by molar-refractivity contribution is 5.63. The van der Waals surface area contributed by atoms with E-state index in [9.17, 15) is 4.79 Å². The molecule has 0 amide bonds. The monoisotopic (exact) mass is 305 g/mol. The zero-order valence-electron chi connectivity index (χ0n) is 13.3. The highest BCUT2D eigenvalue weighted by Gasteiger charge is 2.04. The van der Waals surface area contributed by atoms with Crippen molar-refractivity contribution in [3.8, 4) is 16.9 Å². The Balaban J connectivity index is 1.95. The molecule has 3 aromatic rings. The molecule has 0 spiro atoms. The van der Waals surface area contributed by atoms with Crippen molar-refractivity contribution in [1.82, 2.24) is 4.57 Å². The Bertz CT molecular complexity index is 863. The number of pyridine rings is 1. The average Bonchev–Trinajstić information content (AvgIpc) is 2.59. The van der Waals surface area contributed by atoms with Gasteiger partial charge in [-0.15, -0.1) is 0 Å². The number of rotatable bonds is 4. The summed E-state index contributed by atoms with van der Waals surface area (Å²) in [5.41, 5.74) is 4.42. The van der Waals surface area contributed by atoms with Gasteiger partial charge in [0.1, 0.15) is 5.75 Å². The number of aryl methyl sites for hydroxylation is 1. The van der Waals surface area contributed by atoms with Crippen LogP contribution in [0.5, 0.6) is 5.75 Å². The molecule has 0 N–H and O–H groups in total. The van der Waals surface area contributed by atoms with Gasteiger partial charge in [-0.25, -0.2) is 0 Å². The lowest BCUT2D eigenvalue weighted by molar-refractivity contribution is 0.415. The number of hydrogen-bond acceptors (Lipinski definition) is 2. The Labute approximate surface area is 135 Å². The molecule has 0 saturated carbocycles. The molecule has 0 saturated heterocycles. The Hall–Kier alpha value is -2.81. The fourth-order valence-corrected chi connectivity index (χ4v) is 2.58. The molecule has 0 fully saturated rings. The minimum absolute atomic E-state index is 0.00511. The summed E-state index contributed by atoms with van der Waals surface area (Å²) in [4.78, 5) is 12.2. The third-order valence-corrected chi connectivity index (χ3v) is 4.01. The molecule has 0 atom stereocenters. The van der Waals surface area contributed by atoms with Crippen molar-refractivity contribution < 1.29 is 4.74 Å². The SMILES string of the molecule is COc1ccc(-c2ccc(=O)n(Cc3ccccc3C)c2)cc1. The minimum atomic E-state index is 0.00511. The van der Waals surface area contributed by atoms with E-state index in [1.165, 1.54) is 5.56 Å². The number of methoxy groups -OCH3 is 1. The second-order valence-corrected chi connectivity index (χ2v) is 5.54. The highest BCUT2D eigenvalue weighted by atomic mass is 16.5. The second kappa shape index (κ2) is 6.53. The van der Waals surface area contributed by atoms with E-state index in [1.807, 2.05) is 48.7 Å². The number of aromatic nitrogens is 1. The van der Waals surface area contributed by atoms with E-state index in [1.54, 1.807) is 17.7 Å². The fourth-order valence-electron chi connectivity index (χ4n) is 2.58. The molecule has 3 nitrogen and oxygen atoms in total. The van der Waals surface area contributed by atoms with Gasteiger partial charge in [-0.05, 0) is 47.4 Å². The van der Waals surface area contributed by atoms with Crippen molar-refractivity contribution in [3.05, 3.63) is 88.3 Å². The molecule has 0 aliphatic rings. The molecular formula is C20H19NO2. The first-order valence-corrected chi connectivity index (χ1v) is 7.57. The summed E-state index contributed by atoms with van der Waals surface area (Å²) in [6, 6.07) is 19.5. The van der Waals surface area contributed by atoms with E-state index < -0.39 is 0 Å². The minimum Gasteiger partial charge on any atom is -0.497 e. The van der Waals surface area contributed by atoms with E-state index in [0.29, 0.717) is 6.54 Å². The molecule has 0 unspecified atom stereocenters. The van der Waals surface area contributed by atoms with Crippen molar-refractivity contribution in [2.24, 2.45) is 0 Å². The lowest BCUT2D eigenvalue weighted by atomic mass is 10.1. The van der Waals surface area contributed by atoms with Gasteiger partial charge in [0.2, 0.25) is 0 Å². The fraction of sp³-hybridized carbons (Fsp3) is 0.150. The predicted octanol–water partition coefficient (Wildman–Crippen LogP) is 3.88. The van der Waals surface area contributed by atoms with Crippen molar-refractivity contribution in [1.29, 1.82) is 0 Å². The maximum Gasteiger partial charge on any atom is 0.250 e. The highest BCUT2D eigenvalue weighted by Crippen LogP contribution is 2.21. The van der Waals surface area contributed by atoms with Gasteiger partial charge in [0.05, 0.1) is 13.7 Å². The first-order valence-electron chi connectivity index (χ1n) is 7.57. The Morgan fingerprint density at radius 1 is 0.913 bits per heavy atom. The van der Waals surface area contributed by atoms with Gasteiger partial charge in [0.25, 0.3) is 5.56 Å². The van der Waals surface area contributed by atoms with E-state index in [-0.39, 0.29) is 5.56 Å². The largest absolute Gasteiger partial charge is 0.497 e. The average molecular weight is 305 g/mol. The molecule has 116 valence electrons. The summed E-state index contributed by atoms with van der Waals surface area (Å²) in [6.45, 7) is 2.64. The normalized spacial score (nSPS) is 10.5. The van der Waals surface area contributed by atoms with E-state index in [4.69, 9.17) is 4.74 Å². The van der Waals surface area contributed by atoms with Gasteiger partial charge >= 0.3 is 0 Å². The van der Waals surface area contributed by atoms with Crippen LogP contribution in [0.4, 0.5) is 0 Å². The third kappa shape index (κ3) is 3.34.